The van der Waals surface area contributed by atoms with Gasteiger partial charge >= 0.3 is 0 Å². The van der Waals surface area contributed by atoms with Gasteiger partial charge in [-0.2, -0.15) is 0 Å². The van der Waals surface area contributed by atoms with Gasteiger partial charge in [-0.15, -0.1) is 6.58 Å². The zero-order chi connectivity index (χ0) is 64.7. The minimum Gasteiger partial charge on any atom is -0.454 e. The number of nitrogens with one attached hydrogen (secondary N) is 1. The van der Waals surface area contributed by atoms with Gasteiger partial charge in [0, 0.05) is 49.5 Å². The number of aliphatic hydroxyl groups is 2. The van der Waals surface area contributed by atoms with Gasteiger partial charge in [-0.1, -0.05) is 68.0 Å². The fraction of sp³-hybridized carbons (Fsp3) is 0.600. The smallest absolute Gasteiger partial charge is 0.249 e. The third kappa shape index (κ3) is 15.8. The van der Waals surface area contributed by atoms with Crippen LogP contribution in [0, 0.1) is 28.6 Å². The van der Waals surface area contributed by atoms with Crippen molar-refractivity contribution < 1.29 is 71.9 Å². The molecule has 2 aromatic rings. The standard InChI is InChI=1S/C65H92FN9O14/c1-6-25-71(37-56(69)79)59(82)41-75(45(3)47-14-8-7-9-15-47)60(83)40-73(27-13-11-23-68)57(80)38-72(26-12-10-22-67)58(81)39-74(36-46-16-19-52-53(32-46)89-43-88-52)61(84)42-87-30-29-86-28-24-70-35-55(78)65(85)44(2)31-51-50-18-17-48-33-49(76)20-21-62(48,4)64(50,66)54(77)34-63(51,65)5/h6-9,14-16,19-21,32-33,44-45,50-51,54,70,77,85H,1,10-13,17-18,22-31,34-43,67-68H2,2-5H3,(H2,69,79)/t44-,45-,50+,51+,54+,62+,63+,64+,65+/m1/s1. The minimum atomic E-state index is -2.09. The monoisotopic (exact) mass is 1240 g/mol. The highest BCUT2D eigenvalue weighted by Crippen LogP contribution is 2.70. The summed E-state index contributed by atoms with van der Waals surface area (Å²) in [7, 11) is 0. The van der Waals surface area contributed by atoms with Crippen molar-refractivity contribution in [3.8, 4) is 11.5 Å². The Bertz CT molecular complexity index is 2930. The number of alkyl halides is 1. The molecule has 23 nitrogen and oxygen atoms in total. The molecular weight excluding hydrogens is 1150 g/mol. The molecule has 2 aromatic carbocycles. The third-order valence-electron chi connectivity index (χ3n) is 19.0. The topological polar surface area (TPSA) is 320 Å². The first-order valence-electron chi connectivity index (χ1n) is 31.0. The summed E-state index contributed by atoms with van der Waals surface area (Å²) >= 11 is 0. The number of hydrogen-bond donors (Lipinski definition) is 6. The summed E-state index contributed by atoms with van der Waals surface area (Å²) in [5, 5.41) is 27.2. The fourth-order valence-corrected chi connectivity index (χ4v) is 14.0. The van der Waals surface area contributed by atoms with Crippen molar-refractivity contribution in [3.63, 3.8) is 0 Å². The summed E-state index contributed by atoms with van der Waals surface area (Å²) in [6.45, 7) is 8.99. The molecule has 7 rings (SSSR count). The lowest BCUT2D eigenvalue weighted by Gasteiger charge is -2.62. The summed E-state index contributed by atoms with van der Waals surface area (Å²) in [5.74, 6) is -4.83. The Hall–Kier alpha value is -6.93. The van der Waals surface area contributed by atoms with Crippen molar-refractivity contribution in [2.45, 2.75) is 109 Å². The Kier molecular flexibility index (Phi) is 24.4. The van der Waals surface area contributed by atoms with Gasteiger partial charge in [0.1, 0.15) is 25.3 Å². The van der Waals surface area contributed by atoms with Gasteiger partial charge in [-0.25, -0.2) is 4.39 Å². The van der Waals surface area contributed by atoms with Crippen LogP contribution >= 0.6 is 0 Å². The van der Waals surface area contributed by atoms with E-state index in [9.17, 15) is 48.6 Å². The average molecular weight is 1240 g/mol. The highest BCUT2D eigenvalue weighted by Gasteiger charge is 2.75. The first-order valence-corrected chi connectivity index (χ1v) is 31.0. The molecule has 3 fully saturated rings. The molecule has 0 saturated heterocycles. The second-order valence-corrected chi connectivity index (χ2v) is 24.6. The number of allylic oxidation sites excluding steroid dienone is 4. The van der Waals surface area contributed by atoms with Crippen LogP contribution in [0.3, 0.4) is 0 Å². The first kappa shape index (κ1) is 69.5. The number of halogens is 1. The molecule has 488 valence electrons. The van der Waals surface area contributed by atoms with Gasteiger partial charge in [0.25, 0.3) is 0 Å². The molecule has 4 aliphatic carbocycles. The number of carbonyl (C=O) groups is 8. The molecule has 0 unspecified atom stereocenters. The Morgan fingerprint density at radius 3 is 2.12 bits per heavy atom. The average Bonchev–Trinajstić information content (AvgIpc) is 1.65. The van der Waals surface area contributed by atoms with Crippen molar-refractivity contribution in [2.24, 2.45) is 45.8 Å². The molecule has 1 heterocycles. The minimum absolute atomic E-state index is 0.00341. The number of primary amides is 1. The number of fused-ring (bicyclic) bond motifs is 6. The number of benzene rings is 2. The van der Waals surface area contributed by atoms with Crippen LogP contribution in [-0.2, 0) is 54.4 Å². The first-order chi connectivity index (χ1) is 42.5. The molecule has 24 heteroatoms. The van der Waals surface area contributed by atoms with Crippen LogP contribution < -0.4 is 32.0 Å². The molecule has 0 aromatic heterocycles. The maximum absolute atomic E-state index is 17.7. The number of ether oxygens (including phenoxy) is 4. The molecule has 0 radical (unpaired) electrons. The summed E-state index contributed by atoms with van der Waals surface area (Å²) < 4.78 is 40.3. The van der Waals surface area contributed by atoms with Crippen molar-refractivity contribution >= 4 is 47.0 Å². The molecule has 9 N–H and O–H groups in total. The van der Waals surface area contributed by atoms with E-state index in [-0.39, 0.29) is 78.1 Å². The number of nitrogens with two attached hydrogens (primary N) is 3. The van der Waals surface area contributed by atoms with E-state index in [4.69, 9.17) is 36.1 Å². The third-order valence-corrected chi connectivity index (χ3v) is 19.0. The van der Waals surface area contributed by atoms with Gasteiger partial charge < -0.3 is 76.2 Å². The molecule has 89 heavy (non-hydrogen) atoms. The number of Topliss-reactive ketones (excluding diaryl/α,β-unsaturated/α-hetero) is 1. The number of carbonyl (C=O) groups excluding carboxylic acids is 8. The van der Waals surface area contributed by atoms with E-state index in [2.05, 4.69) is 11.9 Å². The second kappa shape index (κ2) is 31.2. The molecular formula is C65H92FN9O14. The molecule has 0 spiro atoms. The van der Waals surface area contributed by atoms with Gasteiger partial charge in [0.15, 0.2) is 28.7 Å². The van der Waals surface area contributed by atoms with Gasteiger partial charge in [-0.3, -0.25) is 38.4 Å². The Morgan fingerprint density at radius 2 is 1.46 bits per heavy atom. The Balaban J connectivity index is 0.956. The fourth-order valence-electron chi connectivity index (χ4n) is 14.0. The predicted molar refractivity (Wildman–Crippen MR) is 328 cm³/mol. The summed E-state index contributed by atoms with van der Waals surface area (Å²) in [4.78, 5) is 116. The van der Waals surface area contributed by atoms with Gasteiger partial charge in [-0.05, 0) is 126 Å². The normalized spacial score (nSPS) is 25.0. The lowest BCUT2D eigenvalue weighted by Crippen LogP contribution is -2.69. The van der Waals surface area contributed by atoms with Crippen LogP contribution in [0.1, 0.15) is 96.2 Å². The SMILES string of the molecule is C=CCN(CC(N)=O)C(=O)CN(C(=O)CN(CCCCN)C(=O)CN(CCCCN)C(=O)CN(Cc1ccc2c(c1)OCO2)C(=O)COCCOCCNCC(=O)[C@@]1(O)[C@H](C)C[C@H]2[C@@H]3CCC4=CC(=O)C=C[C@]4(C)[C@@]3(F)[C@@H](O)C[C@@]21C)[C@H](C)c1ccccc1. The molecule has 9 atom stereocenters. The van der Waals surface area contributed by atoms with Crippen LogP contribution in [0.4, 0.5) is 4.39 Å². The van der Waals surface area contributed by atoms with E-state index in [0.29, 0.717) is 86.2 Å². The number of ketones is 2. The lowest BCUT2D eigenvalue weighted by molar-refractivity contribution is -0.218. The lowest BCUT2D eigenvalue weighted by atomic mass is 9.44. The zero-order valence-electron chi connectivity index (χ0n) is 52.0. The van der Waals surface area contributed by atoms with Crippen molar-refractivity contribution in [2.75, 3.05) is 112 Å². The van der Waals surface area contributed by atoms with Gasteiger partial charge in [0.05, 0.1) is 58.1 Å². The number of unbranched alkanes of at least 4 members (excludes halogenated alkanes) is 2. The van der Waals surface area contributed by atoms with Crippen LogP contribution in [0.2, 0.25) is 0 Å². The van der Waals surface area contributed by atoms with Crippen LogP contribution in [0.25, 0.3) is 0 Å². The van der Waals surface area contributed by atoms with Crippen LogP contribution in [0.5, 0.6) is 11.5 Å². The van der Waals surface area contributed by atoms with E-state index >= 15 is 4.39 Å². The molecule has 0 bridgehead atoms. The van der Waals surface area contributed by atoms with E-state index in [1.807, 2.05) is 6.07 Å². The highest BCUT2D eigenvalue weighted by molar-refractivity contribution is 6.01. The van der Waals surface area contributed by atoms with Gasteiger partial charge in [0.2, 0.25) is 42.2 Å². The quantitative estimate of drug-likeness (QED) is 0.0427. The summed E-state index contributed by atoms with van der Waals surface area (Å²) in [6.07, 6.45) is 7.37. The number of aliphatic hydroxyl groups excluding tert-OH is 1. The number of amides is 6. The van der Waals surface area contributed by atoms with E-state index in [0.717, 1.165) is 0 Å². The number of hydrogen-bond acceptors (Lipinski definition) is 17. The van der Waals surface area contributed by atoms with Crippen molar-refractivity contribution in [3.05, 3.63) is 96.1 Å². The van der Waals surface area contributed by atoms with Crippen molar-refractivity contribution in [1.29, 1.82) is 0 Å². The Labute approximate surface area is 521 Å². The van der Waals surface area contributed by atoms with Crippen LogP contribution in [0.15, 0.2) is 85.0 Å². The zero-order valence-corrected chi connectivity index (χ0v) is 52.0. The maximum atomic E-state index is 17.7. The summed E-state index contributed by atoms with van der Waals surface area (Å²) in [6, 6.07) is 13.5. The molecule has 5 aliphatic rings. The van der Waals surface area contributed by atoms with E-state index < -0.39 is 133 Å². The second-order valence-electron chi connectivity index (χ2n) is 24.6. The highest BCUT2D eigenvalue weighted by atomic mass is 19.1. The van der Waals surface area contributed by atoms with E-state index in [1.165, 1.54) is 42.7 Å². The number of rotatable bonds is 35. The predicted octanol–water partition coefficient (Wildman–Crippen LogP) is 2.51. The molecule has 3 saturated carbocycles. The largest absolute Gasteiger partial charge is 0.454 e. The Morgan fingerprint density at radius 1 is 0.820 bits per heavy atom. The van der Waals surface area contributed by atoms with E-state index in [1.54, 1.807) is 76.2 Å². The number of nitrogens with zero attached hydrogens (tertiary/aromatic N) is 5. The summed E-state index contributed by atoms with van der Waals surface area (Å²) in [5.41, 5.74) is 12.9. The van der Waals surface area contributed by atoms with Crippen LogP contribution in [-0.4, -0.2) is 211 Å². The molecule has 6 amide bonds. The maximum Gasteiger partial charge on any atom is 0.249 e. The molecule has 1 aliphatic heterocycles. The van der Waals surface area contributed by atoms with Crippen molar-refractivity contribution in [1.82, 2.24) is 29.8 Å².